The van der Waals surface area contributed by atoms with E-state index >= 15 is 0 Å². The first-order valence-electron chi connectivity index (χ1n) is 8.32. The highest BCUT2D eigenvalue weighted by Gasteiger charge is 2.37. The Morgan fingerprint density at radius 2 is 1.92 bits per heavy atom. The molecular formula is C16H30IN5O3. The highest BCUT2D eigenvalue weighted by molar-refractivity contribution is 14.0. The Morgan fingerprint density at radius 3 is 2.48 bits per heavy atom. The van der Waals surface area contributed by atoms with Crippen molar-refractivity contribution in [2.45, 2.75) is 46.3 Å². The largest absolute Gasteiger partial charge is 0.444 e. The van der Waals surface area contributed by atoms with E-state index in [4.69, 9.17) is 10.5 Å². The molecule has 1 saturated heterocycles. The minimum atomic E-state index is -0.640. The molecule has 1 unspecified atom stereocenters. The zero-order valence-corrected chi connectivity index (χ0v) is 18.0. The molecule has 0 saturated carbocycles. The predicted octanol–water partition coefficient (Wildman–Crippen LogP) is 0.996. The smallest absolute Gasteiger partial charge is 0.410 e. The zero-order valence-electron chi connectivity index (χ0n) is 15.7. The second-order valence-electron chi connectivity index (χ2n) is 8.04. The summed E-state index contributed by atoms with van der Waals surface area (Å²) in [5.74, 6) is 0.429. The fraction of sp³-hybridized carbons (Fsp3) is 0.812. The maximum Gasteiger partial charge on any atom is 0.410 e. The number of nitrogens with two attached hydrogens (primary N) is 1. The first-order valence-corrected chi connectivity index (χ1v) is 8.32. The van der Waals surface area contributed by atoms with Crippen LogP contribution in [0.5, 0.6) is 0 Å². The van der Waals surface area contributed by atoms with Gasteiger partial charge < -0.3 is 25.6 Å². The van der Waals surface area contributed by atoms with Crippen molar-refractivity contribution in [1.82, 2.24) is 15.1 Å². The quantitative estimate of drug-likeness (QED) is 0.604. The average molecular weight is 467 g/mol. The minimum Gasteiger partial charge on any atom is -0.444 e. The number of guanidine groups is 1. The fourth-order valence-corrected chi connectivity index (χ4v) is 2.61. The number of nitrogens with zero attached hydrogens (tertiary/aromatic N) is 3. The standard InChI is InChI=1S/C16H29N5O3.HI/c1-15(2,3)24-14(23)20-6-7-21-11(9-20)8-18-13(21)19-10-16(4,5)12(17)22;/h11H,6-10H2,1-5H3,(H2,17,22)(H,18,19);1H. The van der Waals surface area contributed by atoms with E-state index in [1.165, 1.54) is 0 Å². The number of hydrogen-bond acceptors (Lipinski definition) is 6. The Balaban J connectivity index is 0.00000312. The molecule has 8 nitrogen and oxygen atoms in total. The molecule has 0 bridgehead atoms. The van der Waals surface area contributed by atoms with E-state index in [1.54, 1.807) is 18.7 Å². The Morgan fingerprint density at radius 1 is 1.28 bits per heavy atom. The number of carbonyl (C=O) groups is 2. The van der Waals surface area contributed by atoms with Gasteiger partial charge >= 0.3 is 6.09 Å². The monoisotopic (exact) mass is 467 g/mol. The van der Waals surface area contributed by atoms with Crippen molar-refractivity contribution in [1.29, 1.82) is 0 Å². The molecule has 1 atom stereocenters. The van der Waals surface area contributed by atoms with Crippen LogP contribution in [-0.4, -0.2) is 72.1 Å². The second kappa shape index (κ2) is 7.96. The molecule has 0 aromatic heterocycles. The molecule has 0 spiro atoms. The molecule has 25 heavy (non-hydrogen) atoms. The summed E-state index contributed by atoms with van der Waals surface area (Å²) < 4.78 is 5.44. The Bertz CT molecular complexity index is 544. The summed E-state index contributed by atoms with van der Waals surface area (Å²) in [6.07, 6.45) is -0.279. The number of nitrogens with one attached hydrogen (secondary N) is 1. The summed E-state index contributed by atoms with van der Waals surface area (Å²) in [4.78, 5) is 32.0. The van der Waals surface area contributed by atoms with Crippen molar-refractivity contribution in [2.24, 2.45) is 16.1 Å². The topological polar surface area (TPSA) is 100 Å². The van der Waals surface area contributed by atoms with Gasteiger partial charge in [0.15, 0.2) is 5.96 Å². The molecule has 2 aliphatic heterocycles. The van der Waals surface area contributed by atoms with Gasteiger partial charge in [-0.25, -0.2) is 4.79 Å². The average Bonchev–Trinajstić information content (AvgIpc) is 2.85. The maximum atomic E-state index is 12.2. The van der Waals surface area contributed by atoms with Gasteiger partial charge in [-0.15, -0.1) is 24.0 Å². The van der Waals surface area contributed by atoms with Crippen LogP contribution in [0.25, 0.3) is 0 Å². The van der Waals surface area contributed by atoms with Crippen LogP contribution in [0.2, 0.25) is 0 Å². The summed E-state index contributed by atoms with van der Waals surface area (Å²) in [6, 6.07) is 0.144. The third-order valence-corrected chi connectivity index (χ3v) is 4.21. The van der Waals surface area contributed by atoms with E-state index in [1.807, 2.05) is 20.8 Å². The molecule has 2 rings (SSSR count). The molecule has 144 valence electrons. The Kier molecular flexibility index (Phi) is 6.94. The number of halogens is 1. The van der Waals surface area contributed by atoms with Gasteiger partial charge in [0.1, 0.15) is 5.60 Å². The van der Waals surface area contributed by atoms with Gasteiger partial charge in [-0.1, -0.05) is 0 Å². The van der Waals surface area contributed by atoms with Gasteiger partial charge in [-0.2, -0.15) is 0 Å². The van der Waals surface area contributed by atoms with Crippen molar-refractivity contribution in [3.63, 3.8) is 0 Å². The van der Waals surface area contributed by atoms with E-state index in [0.717, 1.165) is 5.96 Å². The molecule has 0 radical (unpaired) electrons. The maximum absolute atomic E-state index is 12.2. The highest BCUT2D eigenvalue weighted by atomic mass is 127. The van der Waals surface area contributed by atoms with Crippen molar-refractivity contribution >= 4 is 41.9 Å². The van der Waals surface area contributed by atoms with Crippen molar-refractivity contribution < 1.29 is 14.3 Å². The van der Waals surface area contributed by atoms with Gasteiger partial charge in [0.05, 0.1) is 18.0 Å². The molecule has 3 N–H and O–H groups in total. The van der Waals surface area contributed by atoms with Crippen molar-refractivity contribution in [3.05, 3.63) is 0 Å². The molecule has 0 aliphatic carbocycles. The van der Waals surface area contributed by atoms with E-state index in [2.05, 4.69) is 15.2 Å². The number of carbonyl (C=O) groups excluding carboxylic acids is 2. The Labute approximate surface area is 166 Å². The van der Waals surface area contributed by atoms with E-state index in [0.29, 0.717) is 32.7 Å². The summed E-state index contributed by atoms with van der Waals surface area (Å²) >= 11 is 0. The van der Waals surface area contributed by atoms with Gasteiger partial charge in [-0.3, -0.25) is 9.79 Å². The molecule has 2 heterocycles. The first-order chi connectivity index (χ1) is 11.0. The number of hydrogen-bond donors (Lipinski definition) is 2. The number of ether oxygens (including phenoxy) is 1. The molecule has 1 fully saturated rings. The number of piperazine rings is 1. The fourth-order valence-electron chi connectivity index (χ4n) is 2.61. The lowest BCUT2D eigenvalue weighted by molar-refractivity contribution is -0.125. The molecule has 0 aromatic rings. The van der Waals surface area contributed by atoms with Crippen LogP contribution in [0.4, 0.5) is 4.79 Å². The van der Waals surface area contributed by atoms with Crippen LogP contribution >= 0.6 is 24.0 Å². The van der Waals surface area contributed by atoms with Gasteiger partial charge in [0, 0.05) is 26.2 Å². The van der Waals surface area contributed by atoms with Crippen molar-refractivity contribution in [2.75, 3.05) is 32.7 Å². The van der Waals surface area contributed by atoms with E-state index < -0.39 is 11.0 Å². The lowest BCUT2D eigenvalue weighted by atomic mass is 9.93. The molecular weight excluding hydrogens is 437 g/mol. The predicted molar refractivity (Wildman–Crippen MR) is 107 cm³/mol. The Hall–Kier alpha value is -1.26. The van der Waals surface area contributed by atoms with Gasteiger partial charge in [-0.05, 0) is 34.6 Å². The lowest BCUT2D eigenvalue weighted by Gasteiger charge is -2.39. The third kappa shape index (κ3) is 5.61. The summed E-state index contributed by atoms with van der Waals surface area (Å²) in [5.41, 5.74) is 4.27. The second-order valence-corrected chi connectivity index (χ2v) is 8.04. The van der Waals surface area contributed by atoms with Gasteiger partial charge in [0.2, 0.25) is 5.91 Å². The number of amides is 2. The number of rotatable bonds is 3. The van der Waals surface area contributed by atoms with Crippen LogP contribution in [0.3, 0.4) is 0 Å². The lowest BCUT2D eigenvalue weighted by Crippen LogP contribution is -2.58. The third-order valence-electron chi connectivity index (χ3n) is 4.21. The van der Waals surface area contributed by atoms with Gasteiger partial charge in [0.25, 0.3) is 0 Å². The molecule has 0 aromatic carbocycles. The van der Waals surface area contributed by atoms with Crippen molar-refractivity contribution in [3.8, 4) is 0 Å². The van der Waals surface area contributed by atoms with Crippen LogP contribution in [0, 0.1) is 5.41 Å². The molecule has 9 heteroatoms. The number of fused-ring (bicyclic) bond motifs is 1. The number of aliphatic imine (C=N–C) groups is 1. The van der Waals surface area contributed by atoms with Crippen LogP contribution in [-0.2, 0) is 9.53 Å². The van der Waals surface area contributed by atoms with E-state index in [9.17, 15) is 9.59 Å². The van der Waals surface area contributed by atoms with E-state index in [-0.39, 0.29) is 42.0 Å². The van der Waals surface area contributed by atoms with Crippen LogP contribution in [0.1, 0.15) is 34.6 Å². The minimum absolute atomic E-state index is 0. The number of primary amides is 1. The molecule has 2 aliphatic rings. The first kappa shape index (κ1) is 21.8. The summed E-state index contributed by atoms with van der Waals surface area (Å²) in [7, 11) is 0. The highest BCUT2D eigenvalue weighted by Crippen LogP contribution is 2.19. The van der Waals surface area contributed by atoms with Crippen LogP contribution in [0.15, 0.2) is 4.99 Å². The zero-order chi connectivity index (χ0) is 18.1. The summed E-state index contributed by atoms with van der Waals surface area (Å²) in [5, 5.41) is 3.23. The summed E-state index contributed by atoms with van der Waals surface area (Å²) in [6.45, 7) is 12.1. The van der Waals surface area contributed by atoms with Crippen LogP contribution < -0.4 is 11.1 Å². The molecule has 2 amide bonds. The normalized spacial score (nSPS) is 20.4. The SMILES string of the molecule is CC(C)(C)OC(=O)N1CCN2C(NCC(C)(C)C(N)=O)=NCC2C1.I.